The zero-order valence-electron chi connectivity index (χ0n) is 11.3. The molecule has 0 aliphatic carbocycles. The summed E-state index contributed by atoms with van der Waals surface area (Å²) in [7, 11) is 3.89. The molecule has 0 saturated carbocycles. The Morgan fingerprint density at radius 1 is 1.58 bits per heavy atom. The minimum atomic E-state index is -0.125. The molecule has 1 aliphatic rings. The van der Waals surface area contributed by atoms with E-state index in [0.717, 1.165) is 30.5 Å². The molecule has 1 heterocycles. The number of benzene rings is 1. The number of likely N-dealkylation sites (tertiary alicyclic amines) is 1. The van der Waals surface area contributed by atoms with E-state index in [0.29, 0.717) is 11.5 Å². The average molecular weight is 327 g/mol. The first-order valence-corrected chi connectivity index (χ1v) is 7.19. The van der Waals surface area contributed by atoms with Gasteiger partial charge in [-0.05, 0) is 44.1 Å². The maximum absolute atomic E-state index is 12.3. The lowest BCUT2D eigenvalue weighted by Crippen LogP contribution is -2.32. The molecular formula is C14H19BrN2O2. The van der Waals surface area contributed by atoms with E-state index in [4.69, 9.17) is 0 Å². The summed E-state index contributed by atoms with van der Waals surface area (Å²) in [6.07, 6.45) is 1.13. The largest absolute Gasteiger partial charge is 0.507 e. The Morgan fingerprint density at radius 2 is 2.32 bits per heavy atom. The summed E-state index contributed by atoms with van der Waals surface area (Å²) in [5, 5.41) is 9.83. The van der Waals surface area contributed by atoms with Crippen molar-refractivity contribution in [2.45, 2.75) is 6.42 Å². The summed E-state index contributed by atoms with van der Waals surface area (Å²) >= 11 is 3.27. The van der Waals surface area contributed by atoms with Crippen LogP contribution in [0.15, 0.2) is 22.7 Å². The fraction of sp³-hybridized carbons (Fsp3) is 0.500. The van der Waals surface area contributed by atoms with E-state index in [2.05, 4.69) is 27.9 Å². The van der Waals surface area contributed by atoms with Crippen LogP contribution in [0.2, 0.25) is 0 Å². The second-order valence-electron chi connectivity index (χ2n) is 5.26. The zero-order valence-corrected chi connectivity index (χ0v) is 12.9. The van der Waals surface area contributed by atoms with Crippen molar-refractivity contribution in [2.24, 2.45) is 5.92 Å². The highest BCUT2D eigenvalue weighted by molar-refractivity contribution is 9.10. The molecule has 1 atom stereocenters. The Hall–Kier alpha value is -1.07. The van der Waals surface area contributed by atoms with Gasteiger partial charge in [-0.3, -0.25) is 4.79 Å². The van der Waals surface area contributed by atoms with Crippen LogP contribution in [0.1, 0.15) is 16.8 Å². The third kappa shape index (κ3) is 3.48. The molecular weight excluding hydrogens is 308 g/mol. The third-order valence-corrected chi connectivity index (χ3v) is 4.05. The number of nitrogens with zero attached hydrogens (tertiary/aromatic N) is 2. The molecule has 1 amide bonds. The number of aromatic hydroxyl groups is 1. The molecule has 5 heteroatoms. The van der Waals surface area contributed by atoms with Gasteiger partial charge in [0.05, 0.1) is 5.56 Å². The first-order valence-electron chi connectivity index (χ1n) is 6.40. The summed E-state index contributed by atoms with van der Waals surface area (Å²) in [6.45, 7) is 2.86. The molecule has 1 aliphatic heterocycles. The van der Waals surface area contributed by atoms with Crippen LogP contribution >= 0.6 is 15.9 Å². The van der Waals surface area contributed by atoms with Gasteiger partial charge in [0.1, 0.15) is 5.75 Å². The number of halogens is 1. The number of amides is 1. The smallest absolute Gasteiger partial charge is 0.257 e. The van der Waals surface area contributed by atoms with Gasteiger partial charge >= 0.3 is 0 Å². The van der Waals surface area contributed by atoms with Gasteiger partial charge in [-0.25, -0.2) is 0 Å². The molecule has 1 saturated heterocycles. The summed E-state index contributed by atoms with van der Waals surface area (Å²) in [5.41, 5.74) is 0.358. The van der Waals surface area contributed by atoms with Crippen LogP contribution in [-0.2, 0) is 0 Å². The summed E-state index contributed by atoms with van der Waals surface area (Å²) < 4.78 is 0.765. The molecule has 0 bridgehead atoms. The predicted molar refractivity (Wildman–Crippen MR) is 78.4 cm³/mol. The van der Waals surface area contributed by atoms with Crippen LogP contribution in [0.25, 0.3) is 0 Å². The van der Waals surface area contributed by atoms with Crippen molar-refractivity contribution in [2.75, 3.05) is 33.7 Å². The number of carbonyl (C=O) groups excluding carboxylic acids is 1. The highest BCUT2D eigenvalue weighted by Gasteiger charge is 2.24. The van der Waals surface area contributed by atoms with Gasteiger partial charge in [-0.1, -0.05) is 15.9 Å². The average Bonchev–Trinajstić information content (AvgIpc) is 2.74. The van der Waals surface area contributed by atoms with Crippen molar-refractivity contribution in [3.8, 4) is 5.75 Å². The molecule has 1 N–H and O–H groups in total. The lowest BCUT2D eigenvalue weighted by Gasteiger charge is -2.21. The van der Waals surface area contributed by atoms with E-state index >= 15 is 0 Å². The van der Waals surface area contributed by atoms with Crippen molar-refractivity contribution in [1.29, 1.82) is 0 Å². The number of hydrogen-bond donors (Lipinski definition) is 1. The van der Waals surface area contributed by atoms with E-state index < -0.39 is 0 Å². The second kappa shape index (κ2) is 5.92. The topological polar surface area (TPSA) is 43.8 Å². The van der Waals surface area contributed by atoms with Gasteiger partial charge < -0.3 is 14.9 Å². The summed E-state index contributed by atoms with van der Waals surface area (Å²) in [5.74, 6) is 0.422. The van der Waals surface area contributed by atoms with Crippen molar-refractivity contribution in [1.82, 2.24) is 9.80 Å². The van der Waals surface area contributed by atoms with Crippen LogP contribution in [0.5, 0.6) is 5.75 Å². The SMILES string of the molecule is CN1CCC(CN(C)C(=O)c2ccc(Br)cc2O)C1. The maximum Gasteiger partial charge on any atom is 0.257 e. The Bertz CT molecular complexity index is 479. The van der Waals surface area contributed by atoms with E-state index in [-0.39, 0.29) is 11.7 Å². The molecule has 0 radical (unpaired) electrons. The van der Waals surface area contributed by atoms with Crippen LogP contribution in [0.3, 0.4) is 0 Å². The molecule has 19 heavy (non-hydrogen) atoms. The first kappa shape index (κ1) is 14.3. The molecule has 0 spiro atoms. The first-order chi connectivity index (χ1) is 8.97. The van der Waals surface area contributed by atoms with Gasteiger partial charge in [0.25, 0.3) is 5.91 Å². The van der Waals surface area contributed by atoms with E-state index in [1.165, 1.54) is 0 Å². The van der Waals surface area contributed by atoms with Gasteiger partial charge in [0.15, 0.2) is 0 Å². The highest BCUT2D eigenvalue weighted by atomic mass is 79.9. The molecule has 1 fully saturated rings. The number of rotatable bonds is 3. The van der Waals surface area contributed by atoms with Crippen LogP contribution < -0.4 is 0 Å². The van der Waals surface area contributed by atoms with Crippen LogP contribution in [0, 0.1) is 5.92 Å². The fourth-order valence-electron chi connectivity index (χ4n) is 2.54. The normalized spacial score (nSPS) is 19.6. The lowest BCUT2D eigenvalue weighted by molar-refractivity contribution is 0.0771. The Kier molecular flexibility index (Phi) is 4.47. The standard InChI is InChI=1S/C14H19BrN2O2/c1-16-6-5-10(8-16)9-17(2)14(19)12-4-3-11(15)7-13(12)18/h3-4,7,10,18H,5-6,8-9H2,1-2H3. The molecule has 1 aromatic carbocycles. The van der Waals surface area contributed by atoms with Crippen molar-refractivity contribution < 1.29 is 9.90 Å². The summed E-state index contributed by atoms with van der Waals surface area (Å²) in [6, 6.07) is 4.97. The Labute approximate surface area is 122 Å². The van der Waals surface area contributed by atoms with Gasteiger partial charge in [-0.2, -0.15) is 0 Å². The fourth-order valence-corrected chi connectivity index (χ4v) is 2.89. The van der Waals surface area contributed by atoms with Crippen LogP contribution in [-0.4, -0.2) is 54.5 Å². The lowest BCUT2D eigenvalue weighted by atomic mass is 10.1. The van der Waals surface area contributed by atoms with Crippen molar-refractivity contribution >= 4 is 21.8 Å². The maximum atomic E-state index is 12.3. The Balaban J connectivity index is 2.02. The molecule has 4 nitrogen and oxygen atoms in total. The summed E-state index contributed by atoms with van der Waals surface area (Å²) in [4.78, 5) is 16.3. The molecule has 0 aromatic heterocycles. The Morgan fingerprint density at radius 3 is 2.89 bits per heavy atom. The molecule has 1 unspecified atom stereocenters. The predicted octanol–water partition coefficient (Wildman–Crippen LogP) is 2.18. The molecule has 2 rings (SSSR count). The minimum Gasteiger partial charge on any atom is -0.507 e. The van der Waals surface area contributed by atoms with Crippen molar-refractivity contribution in [3.05, 3.63) is 28.2 Å². The molecule has 104 valence electrons. The third-order valence-electron chi connectivity index (χ3n) is 3.56. The quantitative estimate of drug-likeness (QED) is 0.925. The van der Waals surface area contributed by atoms with Gasteiger partial charge in [0.2, 0.25) is 0 Å². The van der Waals surface area contributed by atoms with E-state index in [1.54, 1.807) is 30.1 Å². The number of phenols is 1. The van der Waals surface area contributed by atoms with Gasteiger partial charge in [-0.15, -0.1) is 0 Å². The van der Waals surface area contributed by atoms with Gasteiger partial charge in [0, 0.05) is 24.6 Å². The number of carbonyl (C=O) groups is 1. The highest BCUT2D eigenvalue weighted by Crippen LogP contribution is 2.24. The number of hydrogen-bond acceptors (Lipinski definition) is 3. The van der Waals surface area contributed by atoms with E-state index in [1.807, 2.05) is 0 Å². The zero-order chi connectivity index (χ0) is 14.0. The molecule has 1 aromatic rings. The monoisotopic (exact) mass is 326 g/mol. The van der Waals surface area contributed by atoms with Crippen LogP contribution in [0.4, 0.5) is 0 Å². The van der Waals surface area contributed by atoms with E-state index in [9.17, 15) is 9.90 Å². The second-order valence-corrected chi connectivity index (χ2v) is 6.18. The number of phenolic OH excluding ortho intramolecular Hbond substituents is 1. The van der Waals surface area contributed by atoms with Crippen molar-refractivity contribution in [3.63, 3.8) is 0 Å². The minimum absolute atomic E-state index is 0.0229.